The molecule has 0 aliphatic carbocycles. The molecule has 2 atom stereocenters. The van der Waals surface area contributed by atoms with Crippen molar-refractivity contribution >= 4 is 10.2 Å². The van der Waals surface area contributed by atoms with Gasteiger partial charge in [0.2, 0.25) is 0 Å². The molecule has 0 saturated carbocycles. The van der Waals surface area contributed by atoms with Gasteiger partial charge in [-0.05, 0) is 32.2 Å². The fourth-order valence-corrected chi connectivity index (χ4v) is 4.52. The molecule has 0 aromatic carbocycles. The molecule has 21 heavy (non-hydrogen) atoms. The van der Waals surface area contributed by atoms with Crippen molar-refractivity contribution in [2.24, 2.45) is 11.7 Å². The standard InChI is InChI=1S/C13H29N3O4S/c1-12(11-20-3)16(7-8-19-2)21(17,18)15-6-4-5-13(9-14)10-15/h12-13H,4-11,14H2,1-3H3. The van der Waals surface area contributed by atoms with Gasteiger partial charge >= 0.3 is 0 Å². The maximum atomic E-state index is 12.9. The molecule has 0 aromatic rings. The second-order valence-corrected chi connectivity index (χ2v) is 7.40. The highest BCUT2D eigenvalue weighted by Crippen LogP contribution is 2.21. The first-order valence-electron chi connectivity index (χ1n) is 7.42. The number of hydrogen-bond donors (Lipinski definition) is 1. The molecule has 0 radical (unpaired) electrons. The summed E-state index contributed by atoms with van der Waals surface area (Å²) in [6.07, 6.45) is 1.85. The Balaban J connectivity index is 2.86. The molecule has 0 spiro atoms. The number of nitrogens with zero attached hydrogens (tertiary/aromatic N) is 2. The van der Waals surface area contributed by atoms with Gasteiger partial charge in [0.05, 0.1) is 13.2 Å². The second kappa shape index (κ2) is 9.02. The lowest BCUT2D eigenvalue weighted by atomic mass is 10.0. The average Bonchev–Trinajstić information content (AvgIpc) is 2.47. The van der Waals surface area contributed by atoms with Crippen LogP contribution in [0.1, 0.15) is 19.8 Å². The van der Waals surface area contributed by atoms with Gasteiger partial charge in [-0.2, -0.15) is 17.0 Å². The van der Waals surface area contributed by atoms with E-state index in [2.05, 4.69) is 0 Å². The van der Waals surface area contributed by atoms with Crippen LogP contribution in [0.3, 0.4) is 0 Å². The van der Waals surface area contributed by atoms with Crippen LogP contribution in [0.5, 0.6) is 0 Å². The Bertz CT molecular complexity index is 391. The minimum atomic E-state index is -3.51. The Hall–Kier alpha value is -0.250. The van der Waals surface area contributed by atoms with E-state index in [9.17, 15) is 8.42 Å². The summed E-state index contributed by atoms with van der Waals surface area (Å²) in [5, 5.41) is 0. The van der Waals surface area contributed by atoms with Gasteiger partial charge in [0, 0.05) is 39.9 Å². The first-order valence-corrected chi connectivity index (χ1v) is 8.81. The lowest BCUT2D eigenvalue weighted by Crippen LogP contribution is -2.53. The van der Waals surface area contributed by atoms with E-state index in [0.29, 0.717) is 39.4 Å². The summed E-state index contributed by atoms with van der Waals surface area (Å²) >= 11 is 0. The third-order valence-corrected chi connectivity index (χ3v) is 5.97. The van der Waals surface area contributed by atoms with Crippen molar-refractivity contribution in [1.82, 2.24) is 8.61 Å². The van der Waals surface area contributed by atoms with E-state index in [0.717, 1.165) is 12.8 Å². The summed E-state index contributed by atoms with van der Waals surface area (Å²) in [5.41, 5.74) is 5.70. The third kappa shape index (κ3) is 5.15. The molecule has 1 fully saturated rings. The summed E-state index contributed by atoms with van der Waals surface area (Å²) in [5.74, 6) is 0.246. The molecular weight excluding hydrogens is 294 g/mol. The Kier molecular flexibility index (Phi) is 8.07. The maximum Gasteiger partial charge on any atom is 0.282 e. The molecule has 8 heteroatoms. The highest BCUT2D eigenvalue weighted by Gasteiger charge is 2.35. The van der Waals surface area contributed by atoms with Crippen LogP contribution in [0.4, 0.5) is 0 Å². The van der Waals surface area contributed by atoms with E-state index in [-0.39, 0.29) is 12.0 Å². The van der Waals surface area contributed by atoms with Crippen LogP contribution in [-0.2, 0) is 19.7 Å². The van der Waals surface area contributed by atoms with Crippen LogP contribution < -0.4 is 5.73 Å². The van der Waals surface area contributed by atoms with Gasteiger partial charge in [-0.25, -0.2) is 0 Å². The zero-order valence-electron chi connectivity index (χ0n) is 13.3. The van der Waals surface area contributed by atoms with Crippen LogP contribution in [0.25, 0.3) is 0 Å². The molecule has 7 nitrogen and oxygen atoms in total. The van der Waals surface area contributed by atoms with Gasteiger partial charge in [0.25, 0.3) is 10.2 Å². The highest BCUT2D eigenvalue weighted by molar-refractivity contribution is 7.86. The van der Waals surface area contributed by atoms with Crippen molar-refractivity contribution in [3.8, 4) is 0 Å². The number of piperidine rings is 1. The zero-order chi connectivity index (χ0) is 15.9. The Morgan fingerprint density at radius 3 is 2.67 bits per heavy atom. The van der Waals surface area contributed by atoms with E-state index in [1.807, 2.05) is 6.92 Å². The number of rotatable bonds is 9. The van der Waals surface area contributed by atoms with Crippen LogP contribution in [0, 0.1) is 5.92 Å². The average molecular weight is 323 g/mol. The fourth-order valence-electron chi connectivity index (χ4n) is 2.65. The first kappa shape index (κ1) is 18.8. The Morgan fingerprint density at radius 2 is 2.10 bits per heavy atom. The predicted octanol–water partition coefficient (Wildman–Crippen LogP) is -0.115. The Labute approximate surface area is 128 Å². The number of methoxy groups -OCH3 is 2. The SMILES string of the molecule is COCCN(C(C)COC)S(=O)(=O)N1CCCC(CN)C1. The van der Waals surface area contributed by atoms with E-state index >= 15 is 0 Å². The summed E-state index contributed by atoms with van der Waals surface area (Å²) in [7, 11) is -0.371. The van der Waals surface area contributed by atoms with Gasteiger partial charge in [0.15, 0.2) is 0 Å². The van der Waals surface area contributed by atoms with Gasteiger partial charge in [0.1, 0.15) is 0 Å². The topological polar surface area (TPSA) is 85.1 Å². The molecule has 0 aromatic heterocycles. The molecule has 126 valence electrons. The monoisotopic (exact) mass is 323 g/mol. The van der Waals surface area contributed by atoms with Crippen molar-refractivity contribution < 1.29 is 17.9 Å². The molecule has 2 N–H and O–H groups in total. The quantitative estimate of drug-likeness (QED) is 0.640. The van der Waals surface area contributed by atoms with E-state index in [1.165, 1.54) is 4.31 Å². The molecule has 2 unspecified atom stereocenters. The van der Waals surface area contributed by atoms with Gasteiger partial charge in [-0.15, -0.1) is 0 Å². The van der Waals surface area contributed by atoms with Crippen molar-refractivity contribution in [1.29, 1.82) is 0 Å². The van der Waals surface area contributed by atoms with E-state index in [1.54, 1.807) is 18.5 Å². The third-order valence-electron chi connectivity index (χ3n) is 3.85. The molecule has 1 saturated heterocycles. The van der Waals surface area contributed by atoms with Crippen LogP contribution >= 0.6 is 0 Å². The second-order valence-electron chi connectivity index (χ2n) is 5.52. The lowest BCUT2D eigenvalue weighted by molar-refractivity contribution is 0.113. The molecule has 1 heterocycles. The largest absolute Gasteiger partial charge is 0.383 e. The van der Waals surface area contributed by atoms with E-state index < -0.39 is 10.2 Å². The predicted molar refractivity (Wildman–Crippen MR) is 82.2 cm³/mol. The maximum absolute atomic E-state index is 12.9. The van der Waals surface area contributed by atoms with Crippen LogP contribution in [-0.4, -0.2) is 76.7 Å². The highest BCUT2D eigenvalue weighted by atomic mass is 32.2. The van der Waals surface area contributed by atoms with Gasteiger partial charge in [-0.1, -0.05) is 0 Å². The summed E-state index contributed by atoms with van der Waals surface area (Å²) < 4.78 is 38.9. The number of hydrogen-bond acceptors (Lipinski definition) is 5. The minimum Gasteiger partial charge on any atom is -0.383 e. The molecular formula is C13H29N3O4S. The summed E-state index contributed by atoms with van der Waals surface area (Å²) in [6, 6.07) is -0.228. The zero-order valence-corrected chi connectivity index (χ0v) is 14.1. The Morgan fingerprint density at radius 1 is 1.38 bits per heavy atom. The van der Waals surface area contributed by atoms with Crippen molar-refractivity contribution in [2.45, 2.75) is 25.8 Å². The molecule has 1 aliphatic rings. The van der Waals surface area contributed by atoms with E-state index in [4.69, 9.17) is 15.2 Å². The van der Waals surface area contributed by atoms with Crippen LogP contribution in [0.2, 0.25) is 0 Å². The fraction of sp³-hybridized carbons (Fsp3) is 1.00. The van der Waals surface area contributed by atoms with Crippen molar-refractivity contribution in [2.75, 3.05) is 53.6 Å². The number of nitrogens with two attached hydrogens (primary N) is 1. The van der Waals surface area contributed by atoms with Gasteiger partial charge in [-0.3, -0.25) is 0 Å². The minimum absolute atomic E-state index is 0.228. The first-order chi connectivity index (χ1) is 9.97. The summed E-state index contributed by atoms with van der Waals surface area (Å²) in [4.78, 5) is 0. The van der Waals surface area contributed by atoms with Crippen molar-refractivity contribution in [3.05, 3.63) is 0 Å². The molecule has 0 bridgehead atoms. The smallest absolute Gasteiger partial charge is 0.282 e. The summed E-state index contributed by atoms with van der Waals surface area (Å²) in [6.45, 7) is 4.48. The normalized spacial score (nSPS) is 22.6. The molecule has 1 rings (SSSR count). The number of ether oxygens (including phenoxy) is 2. The van der Waals surface area contributed by atoms with Gasteiger partial charge < -0.3 is 15.2 Å². The molecule has 0 amide bonds. The molecule has 1 aliphatic heterocycles. The lowest BCUT2D eigenvalue weighted by Gasteiger charge is -2.37. The van der Waals surface area contributed by atoms with Crippen LogP contribution in [0.15, 0.2) is 0 Å². The van der Waals surface area contributed by atoms with Crippen molar-refractivity contribution in [3.63, 3.8) is 0 Å².